The van der Waals surface area contributed by atoms with Crippen LogP contribution in [0.4, 0.5) is 0 Å². The van der Waals surface area contributed by atoms with Gasteiger partial charge in [0, 0.05) is 18.8 Å². The summed E-state index contributed by atoms with van der Waals surface area (Å²) in [7, 11) is 0. The predicted octanol–water partition coefficient (Wildman–Crippen LogP) is 3.36. The van der Waals surface area contributed by atoms with Crippen LogP contribution in [0.2, 0.25) is 0 Å². The fourth-order valence-corrected chi connectivity index (χ4v) is 4.94. The Kier molecular flexibility index (Phi) is 4.72. The Morgan fingerprint density at radius 2 is 2.14 bits per heavy atom. The predicted molar refractivity (Wildman–Crippen MR) is 109 cm³/mol. The van der Waals surface area contributed by atoms with Gasteiger partial charge in [0.05, 0.1) is 17.1 Å². The second kappa shape index (κ2) is 7.39. The molecule has 0 bridgehead atoms. The summed E-state index contributed by atoms with van der Waals surface area (Å²) in [6, 6.07) is 10.2. The molecule has 0 spiro atoms. The molecule has 3 unspecified atom stereocenters. The van der Waals surface area contributed by atoms with Crippen molar-refractivity contribution in [2.45, 2.75) is 50.3 Å². The van der Waals surface area contributed by atoms with Gasteiger partial charge in [0.1, 0.15) is 12.4 Å². The van der Waals surface area contributed by atoms with Gasteiger partial charge < -0.3 is 10.1 Å². The molecule has 1 N–H and O–H groups in total. The van der Waals surface area contributed by atoms with E-state index in [1.807, 2.05) is 16.7 Å². The number of hydrogen-bond donors (Lipinski definition) is 1. The maximum Gasteiger partial charge on any atom is 0.233 e. The summed E-state index contributed by atoms with van der Waals surface area (Å²) in [6.07, 6.45) is 6.11. The molecular weight excluding hydrogens is 388 g/mol. The van der Waals surface area contributed by atoms with Crippen molar-refractivity contribution < 1.29 is 4.74 Å². The van der Waals surface area contributed by atoms with E-state index < -0.39 is 0 Å². The number of fused-ring (bicyclic) bond motifs is 3. The average molecular weight is 411 g/mol. The minimum atomic E-state index is -0.390. The van der Waals surface area contributed by atoms with E-state index in [0.717, 1.165) is 37.3 Å². The molecule has 0 radical (unpaired) electrons. The number of rotatable bonds is 3. The van der Waals surface area contributed by atoms with E-state index in [2.05, 4.69) is 50.8 Å². The molecule has 2 aliphatic rings. The number of alkyl halides is 1. The van der Waals surface area contributed by atoms with Gasteiger partial charge in [-0.25, -0.2) is 0 Å². The quantitative estimate of drug-likeness (QED) is 0.667. The Hall–Kier alpha value is -2.51. The lowest BCUT2D eigenvalue weighted by Crippen LogP contribution is -2.38. The summed E-state index contributed by atoms with van der Waals surface area (Å²) in [5.74, 6) is 1.81. The lowest BCUT2D eigenvalue weighted by molar-refractivity contribution is 0.0798. The summed E-state index contributed by atoms with van der Waals surface area (Å²) in [5, 5.41) is 19.6. The van der Waals surface area contributed by atoms with E-state index in [9.17, 15) is 0 Å². The van der Waals surface area contributed by atoms with Gasteiger partial charge in [0.2, 0.25) is 5.88 Å². The highest BCUT2D eigenvalue weighted by Crippen LogP contribution is 2.46. The van der Waals surface area contributed by atoms with E-state index in [1.54, 1.807) is 12.5 Å². The number of benzene rings is 1. The van der Waals surface area contributed by atoms with Crippen molar-refractivity contribution in [1.82, 2.24) is 30.3 Å². The third-order valence-electron chi connectivity index (χ3n) is 6.00. The Bertz CT molecular complexity index is 1010. The van der Waals surface area contributed by atoms with Crippen LogP contribution >= 0.6 is 11.6 Å². The van der Waals surface area contributed by atoms with Crippen molar-refractivity contribution in [3.05, 3.63) is 59.8 Å². The molecule has 3 atom stereocenters. The maximum atomic E-state index is 7.19. The van der Waals surface area contributed by atoms with Crippen molar-refractivity contribution in [2.24, 2.45) is 5.92 Å². The van der Waals surface area contributed by atoms with Crippen molar-refractivity contribution in [3.8, 4) is 11.6 Å². The molecule has 150 valence electrons. The molecule has 8 heteroatoms. The number of ether oxygens (including phenoxy) is 1. The first-order chi connectivity index (χ1) is 14.1. The van der Waals surface area contributed by atoms with Crippen LogP contribution in [0.25, 0.3) is 5.69 Å². The molecule has 0 saturated heterocycles. The highest BCUT2D eigenvalue weighted by molar-refractivity contribution is 6.24. The van der Waals surface area contributed by atoms with Crippen LogP contribution < -0.4 is 10.1 Å². The molecule has 1 aliphatic carbocycles. The third kappa shape index (κ3) is 3.49. The van der Waals surface area contributed by atoms with Gasteiger partial charge in [-0.05, 0) is 48.4 Å². The van der Waals surface area contributed by atoms with E-state index >= 15 is 0 Å². The van der Waals surface area contributed by atoms with Gasteiger partial charge >= 0.3 is 0 Å². The third-order valence-corrected chi connectivity index (χ3v) is 6.56. The van der Waals surface area contributed by atoms with Gasteiger partial charge in [-0.15, -0.1) is 26.9 Å². The largest absolute Gasteiger partial charge is 0.473 e. The number of nitrogens with zero attached hydrogens (tertiary/aromatic N) is 5. The molecule has 2 aromatic heterocycles. The highest BCUT2D eigenvalue weighted by atomic mass is 35.5. The average Bonchev–Trinajstić information content (AvgIpc) is 3.12. The molecule has 0 amide bonds. The minimum absolute atomic E-state index is 0.0978. The summed E-state index contributed by atoms with van der Waals surface area (Å²) in [6.45, 7) is 3.69. The molecule has 1 fully saturated rings. The second-order valence-electron chi connectivity index (χ2n) is 7.97. The maximum absolute atomic E-state index is 7.19. The van der Waals surface area contributed by atoms with Crippen LogP contribution in [0, 0.1) is 5.92 Å². The topological polar surface area (TPSA) is 77.8 Å². The number of aromatic nitrogens is 5. The van der Waals surface area contributed by atoms with Gasteiger partial charge in [-0.1, -0.05) is 19.1 Å². The SMILES string of the molecule is CC1CC(Cl)(c2ccc3c(c2)CNCc2nncn2-3)CCC1Oc1cccnn1. The second-order valence-corrected chi connectivity index (χ2v) is 8.69. The molecule has 3 aromatic rings. The summed E-state index contributed by atoms with van der Waals surface area (Å²) < 4.78 is 8.12. The fourth-order valence-electron chi connectivity index (χ4n) is 4.47. The van der Waals surface area contributed by atoms with E-state index in [0.29, 0.717) is 18.3 Å². The zero-order valence-corrected chi connectivity index (χ0v) is 17.0. The van der Waals surface area contributed by atoms with E-state index in [-0.39, 0.29) is 11.0 Å². The Morgan fingerprint density at radius 1 is 1.21 bits per heavy atom. The van der Waals surface area contributed by atoms with Crippen molar-refractivity contribution >= 4 is 11.6 Å². The normalized spacial score (nSPS) is 26.3. The Balaban J connectivity index is 1.37. The lowest BCUT2D eigenvalue weighted by Gasteiger charge is -2.40. The molecule has 1 aliphatic heterocycles. The summed E-state index contributed by atoms with van der Waals surface area (Å²) in [4.78, 5) is -0.390. The van der Waals surface area contributed by atoms with Crippen LogP contribution in [0.3, 0.4) is 0 Å². The Labute approximate surface area is 174 Å². The van der Waals surface area contributed by atoms with Crippen LogP contribution in [0.1, 0.15) is 43.1 Å². The number of hydrogen-bond acceptors (Lipinski definition) is 6. The van der Waals surface area contributed by atoms with Gasteiger partial charge in [-0.3, -0.25) is 4.57 Å². The molecule has 7 nitrogen and oxygen atoms in total. The first-order valence-corrected chi connectivity index (χ1v) is 10.4. The first kappa shape index (κ1) is 18.5. The van der Waals surface area contributed by atoms with Crippen molar-refractivity contribution in [2.75, 3.05) is 0 Å². The molecule has 29 heavy (non-hydrogen) atoms. The van der Waals surface area contributed by atoms with Gasteiger partial charge in [0.25, 0.3) is 0 Å². The molecule has 1 saturated carbocycles. The van der Waals surface area contributed by atoms with E-state index in [4.69, 9.17) is 16.3 Å². The minimum Gasteiger partial charge on any atom is -0.473 e. The van der Waals surface area contributed by atoms with Crippen molar-refractivity contribution in [3.63, 3.8) is 0 Å². The number of halogens is 1. The highest BCUT2D eigenvalue weighted by Gasteiger charge is 2.40. The van der Waals surface area contributed by atoms with Crippen LogP contribution in [-0.2, 0) is 18.0 Å². The standard InChI is InChI=1S/C21H23ClN6O/c1-14-10-21(22,7-6-18(14)29-20-3-2-8-24-27-20)16-4-5-17-15(9-16)11-23-12-19-26-25-13-28(17)19/h2-5,8-9,13-14,18,23H,6-7,10-12H2,1H3. The zero-order valence-electron chi connectivity index (χ0n) is 16.3. The lowest BCUT2D eigenvalue weighted by atomic mass is 9.76. The number of nitrogens with one attached hydrogen (secondary N) is 1. The zero-order chi connectivity index (χ0) is 19.8. The van der Waals surface area contributed by atoms with Crippen LogP contribution in [0.15, 0.2) is 42.9 Å². The summed E-state index contributed by atoms with van der Waals surface area (Å²) >= 11 is 7.19. The van der Waals surface area contributed by atoms with Crippen LogP contribution in [-0.4, -0.2) is 31.1 Å². The van der Waals surface area contributed by atoms with Gasteiger partial charge in [0.15, 0.2) is 5.82 Å². The molecule has 5 rings (SSSR count). The Morgan fingerprint density at radius 3 is 2.97 bits per heavy atom. The summed E-state index contributed by atoms with van der Waals surface area (Å²) in [5.41, 5.74) is 3.50. The van der Waals surface area contributed by atoms with Crippen LogP contribution in [0.5, 0.6) is 5.88 Å². The molecule has 3 heterocycles. The van der Waals surface area contributed by atoms with Gasteiger partial charge in [-0.2, -0.15) is 5.10 Å². The first-order valence-electron chi connectivity index (χ1n) is 9.99. The smallest absolute Gasteiger partial charge is 0.233 e. The fraction of sp³-hybridized carbons (Fsp3) is 0.429. The van der Waals surface area contributed by atoms with Crippen molar-refractivity contribution in [1.29, 1.82) is 0 Å². The monoisotopic (exact) mass is 410 g/mol. The van der Waals surface area contributed by atoms with E-state index in [1.165, 1.54) is 11.1 Å². The molecular formula is C21H23ClN6O. The molecule has 1 aromatic carbocycles.